The molecule has 1 aromatic rings. The van der Waals surface area contributed by atoms with Gasteiger partial charge >= 0.3 is 5.97 Å². The van der Waals surface area contributed by atoms with E-state index in [-0.39, 0.29) is 24.3 Å². The standard InChI is InChI=1S/C13H16BrNO3S/c1-8(10-4-5-11(14)19-10)13(18)15-6-2-3-9(15)7-12(16)17/h4-5,8-9H,2-3,6-7H2,1H3,(H,16,17). The van der Waals surface area contributed by atoms with Gasteiger partial charge in [0, 0.05) is 17.5 Å². The van der Waals surface area contributed by atoms with Crippen LogP contribution < -0.4 is 0 Å². The molecule has 0 bridgehead atoms. The molecule has 0 radical (unpaired) electrons. The second kappa shape index (κ2) is 6.05. The van der Waals surface area contributed by atoms with E-state index in [1.54, 1.807) is 16.2 Å². The number of thiophene rings is 1. The molecule has 2 unspecified atom stereocenters. The summed E-state index contributed by atoms with van der Waals surface area (Å²) in [4.78, 5) is 26.1. The van der Waals surface area contributed by atoms with Gasteiger partial charge in [-0.2, -0.15) is 0 Å². The Balaban J connectivity index is 2.07. The Morgan fingerprint density at radius 1 is 1.58 bits per heavy atom. The Morgan fingerprint density at radius 2 is 2.32 bits per heavy atom. The van der Waals surface area contributed by atoms with Crippen LogP contribution in [0, 0.1) is 0 Å². The molecule has 2 atom stereocenters. The van der Waals surface area contributed by atoms with E-state index in [1.165, 1.54) is 0 Å². The number of halogens is 1. The zero-order valence-corrected chi connectivity index (χ0v) is 13.0. The molecule has 2 rings (SSSR count). The van der Waals surface area contributed by atoms with E-state index in [0.717, 1.165) is 21.5 Å². The lowest BCUT2D eigenvalue weighted by atomic mass is 10.1. The van der Waals surface area contributed by atoms with Crippen molar-refractivity contribution in [3.8, 4) is 0 Å². The number of hydrogen-bond donors (Lipinski definition) is 1. The third-order valence-corrected chi connectivity index (χ3v) is 5.27. The highest BCUT2D eigenvalue weighted by Crippen LogP contribution is 2.31. The van der Waals surface area contributed by atoms with Crippen LogP contribution in [-0.4, -0.2) is 34.5 Å². The van der Waals surface area contributed by atoms with E-state index in [9.17, 15) is 9.59 Å². The topological polar surface area (TPSA) is 57.6 Å². The molecule has 0 saturated carbocycles. The maximum absolute atomic E-state index is 12.5. The Labute approximate surface area is 124 Å². The minimum atomic E-state index is -0.837. The van der Waals surface area contributed by atoms with Gasteiger partial charge in [0.25, 0.3) is 0 Å². The summed E-state index contributed by atoms with van der Waals surface area (Å²) in [5.41, 5.74) is 0. The van der Waals surface area contributed by atoms with Crippen LogP contribution in [0.1, 0.15) is 37.0 Å². The van der Waals surface area contributed by atoms with Crippen LogP contribution in [0.2, 0.25) is 0 Å². The molecule has 4 nitrogen and oxygen atoms in total. The van der Waals surface area contributed by atoms with Gasteiger partial charge in [0.15, 0.2) is 0 Å². The van der Waals surface area contributed by atoms with E-state index >= 15 is 0 Å². The number of carboxylic acids is 1. The number of likely N-dealkylation sites (tertiary alicyclic amines) is 1. The summed E-state index contributed by atoms with van der Waals surface area (Å²) in [5.74, 6) is -1.000. The summed E-state index contributed by atoms with van der Waals surface area (Å²) in [6, 6.07) is 3.73. The van der Waals surface area contributed by atoms with Crippen LogP contribution in [-0.2, 0) is 9.59 Å². The molecule has 1 amide bonds. The third kappa shape index (κ3) is 3.36. The molecular formula is C13H16BrNO3S. The first-order valence-corrected chi connectivity index (χ1v) is 7.87. The van der Waals surface area contributed by atoms with E-state index in [4.69, 9.17) is 5.11 Å². The lowest BCUT2D eigenvalue weighted by Gasteiger charge is -2.26. The Kier molecular flexibility index (Phi) is 4.62. The molecule has 1 aromatic heterocycles. The molecule has 0 aliphatic carbocycles. The minimum Gasteiger partial charge on any atom is -0.481 e. The van der Waals surface area contributed by atoms with Gasteiger partial charge in [-0.05, 0) is 47.8 Å². The van der Waals surface area contributed by atoms with E-state index in [0.29, 0.717) is 6.54 Å². The number of carbonyl (C=O) groups is 2. The molecule has 1 aliphatic rings. The predicted octanol–water partition coefficient (Wildman–Crippen LogP) is 3.08. The Bertz CT molecular complexity index is 488. The average molecular weight is 346 g/mol. The average Bonchev–Trinajstić information content (AvgIpc) is 2.95. The molecule has 104 valence electrons. The van der Waals surface area contributed by atoms with Gasteiger partial charge < -0.3 is 10.0 Å². The van der Waals surface area contributed by atoms with Gasteiger partial charge in [-0.15, -0.1) is 11.3 Å². The second-order valence-corrected chi connectivity index (χ2v) is 7.28. The van der Waals surface area contributed by atoms with Crippen LogP contribution in [0.25, 0.3) is 0 Å². The summed E-state index contributed by atoms with van der Waals surface area (Å²) in [6.07, 6.45) is 1.73. The highest BCUT2D eigenvalue weighted by molar-refractivity contribution is 9.11. The first kappa shape index (κ1) is 14.5. The van der Waals surface area contributed by atoms with E-state index < -0.39 is 5.97 Å². The molecule has 19 heavy (non-hydrogen) atoms. The molecule has 6 heteroatoms. The Hall–Kier alpha value is -0.880. The van der Waals surface area contributed by atoms with Crippen LogP contribution in [0.3, 0.4) is 0 Å². The van der Waals surface area contributed by atoms with Crippen molar-refractivity contribution in [2.24, 2.45) is 0 Å². The van der Waals surface area contributed by atoms with Crippen molar-refractivity contribution in [3.63, 3.8) is 0 Å². The van der Waals surface area contributed by atoms with Gasteiger partial charge in [-0.25, -0.2) is 0 Å². The highest BCUT2D eigenvalue weighted by atomic mass is 79.9. The number of carbonyl (C=O) groups excluding carboxylic acids is 1. The van der Waals surface area contributed by atoms with E-state index in [2.05, 4.69) is 15.9 Å². The number of amides is 1. The van der Waals surface area contributed by atoms with Gasteiger partial charge in [0.1, 0.15) is 0 Å². The molecule has 1 fully saturated rings. The van der Waals surface area contributed by atoms with Crippen molar-refractivity contribution in [2.75, 3.05) is 6.54 Å². The SMILES string of the molecule is CC(C(=O)N1CCCC1CC(=O)O)c1ccc(Br)s1. The fourth-order valence-corrected chi connectivity index (χ4v) is 3.94. The zero-order valence-electron chi connectivity index (χ0n) is 10.6. The fraction of sp³-hybridized carbons (Fsp3) is 0.538. The van der Waals surface area contributed by atoms with Gasteiger partial charge in [-0.3, -0.25) is 9.59 Å². The highest BCUT2D eigenvalue weighted by Gasteiger charge is 2.33. The molecule has 0 aromatic carbocycles. The number of nitrogens with zero attached hydrogens (tertiary/aromatic N) is 1. The zero-order chi connectivity index (χ0) is 14.0. The molecular weight excluding hydrogens is 330 g/mol. The second-order valence-electron chi connectivity index (χ2n) is 4.79. The molecule has 1 N–H and O–H groups in total. The fourth-order valence-electron chi connectivity index (χ4n) is 2.47. The summed E-state index contributed by atoms with van der Waals surface area (Å²) in [7, 11) is 0. The van der Waals surface area contributed by atoms with Crippen molar-refractivity contribution in [2.45, 2.75) is 38.1 Å². The molecule has 0 spiro atoms. The maximum Gasteiger partial charge on any atom is 0.305 e. The first-order chi connectivity index (χ1) is 8.99. The quantitative estimate of drug-likeness (QED) is 0.912. The summed E-state index contributed by atoms with van der Waals surface area (Å²) < 4.78 is 1.01. The normalized spacial score (nSPS) is 20.5. The van der Waals surface area contributed by atoms with Gasteiger partial charge in [0.2, 0.25) is 5.91 Å². The summed E-state index contributed by atoms with van der Waals surface area (Å²) in [6.45, 7) is 2.56. The van der Waals surface area contributed by atoms with Crippen LogP contribution in [0.15, 0.2) is 15.9 Å². The van der Waals surface area contributed by atoms with Crippen LogP contribution in [0.4, 0.5) is 0 Å². The molecule has 1 saturated heterocycles. The monoisotopic (exact) mass is 345 g/mol. The minimum absolute atomic E-state index is 0.0399. The number of aliphatic carboxylic acids is 1. The maximum atomic E-state index is 12.5. The van der Waals surface area contributed by atoms with Crippen molar-refractivity contribution in [1.82, 2.24) is 4.90 Å². The lowest BCUT2D eigenvalue weighted by Crippen LogP contribution is -2.39. The largest absolute Gasteiger partial charge is 0.481 e. The first-order valence-electron chi connectivity index (χ1n) is 6.26. The van der Waals surface area contributed by atoms with E-state index in [1.807, 2.05) is 19.1 Å². The van der Waals surface area contributed by atoms with Crippen molar-refractivity contribution < 1.29 is 14.7 Å². The summed E-state index contributed by atoms with van der Waals surface area (Å²) >= 11 is 4.94. The third-order valence-electron chi connectivity index (χ3n) is 3.46. The summed E-state index contributed by atoms with van der Waals surface area (Å²) in [5, 5.41) is 8.89. The number of rotatable bonds is 4. The van der Waals surface area contributed by atoms with Crippen molar-refractivity contribution in [1.29, 1.82) is 0 Å². The van der Waals surface area contributed by atoms with Crippen LogP contribution in [0.5, 0.6) is 0 Å². The molecule has 1 aliphatic heterocycles. The number of hydrogen-bond acceptors (Lipinski definition) is 3. The predicted molar refractivity (Wildman–Crippen MR) is 77.4 cm³/mol. The van der Waals surface area contributed by atoms with Crippen molar-refractivity contribution in [3.05, 3.63) is 20.8 Å². The molecule has 2 heterocycles. The Morgan fingerprint density at radius 3 is 2.89 bits per heavy atom. The van der Waals surface area contributed by atoms with Gasteiger partial charge in [0.05, 0.1) is 16.1 Å². The number of carboxylic acid groups (broad SMARTS) is 1. The smallest absolute Gasteiger partial charge is 0.305 e. The van der Waals surface area contributed by atoms with Crippen LogP contribution >= 0.6 is 27.3 Å². The lowest BCUT2D eigenvalue weighted by molar-refractivity contribution is -0.140. The van der Waals surface area contributed by atoms with Gasteiger partial charge in [-0.1, -0.05) is 0 Å². The van der Waals surface area contributed by atoms with Crippen molar-refractivity contribution >= 4 is 39.1 Å².